The minimum Gasteiger partial charge on any atom is -0.448 e. The molecule has 3 heterocycles. The first kappa shape index (κ1) is 15.6. The summed E-state index contributed by atoms with van der Waals surface area (Å²) in [5, 5.41) is 0. The molecule has 1 aliphatic heterocycles. The molecule has 0 spiro atoms. The van der Waals surface area contributed by atoms with Crippen molar-refractivity contribution in [3.05, 3.63) is 41.6 Å². The molecule has 1 amide bonds. The van der Waals surface area contributed by atoms with E-state index in [9.17, 15) is 4.79 Å². The molecule has 7 nitrogen and oxygen atoms in total. The van der Waals surface area contributed by atoms with Gasteiger partial charge in [-0.05, 0) is 19.8 Å². The maximum Gasteiger partial charge on any atom is 0.276 e. The first-order valence-electron chi connectivity index (χ1n) is 7.72. The Morgan fingerprint density at radius 1 is 1.35 bits per heavy atom. The van der Waals surface area contributed by atoms with Gasteiger partial charge in [0.2, 0.25) is 0 Å². The van der Waals surface area contributed by atoms with Crippen LogP contribution in [0.2, 0.25) is 0 Å². The zero-order chi connectivity index (χ0) is 16.2. The van der Waals surface area contributed by atoms with E-state index < -0.39 is 0 Å². The predicted octanol–water partition coefficient (Wildman–Crippen LogP) is 1.56. The van der Waals surface area contributed by atoms with Gasteiger partial charge in [0.15, 0.2) is 11.6 Å². The summed E-state index contributed by atoms with van der Waals surface area (Å²) in [5.41, 5.74) is 2.24. The molecule has 0 saturated carbocycles. The Bertz CT molecular complexity index is 685. The number of amides is 1. The molecule has 3 rings (SSSR count). The van der Waals surface area contributed by atoms with E-state index >= 15 is 0 Å². The molecule has 1 fully saturated rings. The van der Waals surface area contributed by atoms with Crippen LogP contribution in [0.25, 0.3) is 0 Å². The minimum atomic E-state index is -0.106. The number of aromatic nitrogens is 3. The van der Waals surface area contributed by atoms with Crippen LogP contribution in [0, 0.1) is 13.8 Å². The average Bonchev–Trinajstić information content (AvgIpc) is 3.00. The molecule has 1 saturated heterocycles. The van der Waals surface area contributed by atoms with Crippen molar-refractivity contribution in [2.45, 2.75) is 32.7 Å². The maximum absolute atomic E-state index is 12.6. The molecule has 1 atom stereocenters. The molecule has 0 bridgehead atoms. The van der Waals surface area contributed by atoms with Gasteiger partial charge < -0.3 is 14.1 Å². The summed E-state index contributed by atoms with van der Waals surface area (Å²) >= 11 is 0. The van der Waals surface area contributed by atoms with Crippen molar-refractivity contribution < 1.29 is 13.9 Å². The van der Waals surface area contributed by atoms with Gasteiger partial charge in [0.1, 0.15) is 6.26 Å². The van der Waals surface area contributed by atoms with E-state index in [1.54, 1.807) is 19.3 Å². The van der Waals surface area contributed by atoms with Crippen molar-refractivity contribution in [3.8, 4) is 0 Å². The smallest absolute Gasteiger partial charge is 0.276 e. The van der Waals surface area contributed by atoms with Gasteiger partial charge in [-0.3, -0.25) is 14.8 Å². The predicted molar refractivity (Wildman–Crippen MR) is 82.0 cm³/mol. The van der Waals surface area contributed by atoms with Crippen molar-refractivity contribution in [2.75, 3.05) is 19.8 Å². The lowest BCUT2D eigenvalue weighted by Gasteiger charge is -2.35. The molecule has 122 valence electrons. The van der Waals surface area contributed by atoms with Crippen LogP contribution in [0.1, 0.15) is 34.2 Å². The van der Waals surface area contributed by atoms with Gasteiger partial charge >= 0.3 is 0 Å². The van der Waals surface area contributed by atoms with Crippen LogP contribution in [0.4, 0.5) is 0 Å². The Hall–Kier alpha value is -2.28. The molecule has 2 aromatic rings. The number of morpholine rings is 1. The number of ether oxygens (including phenoxy) is 1. The van der Waals surface area contributed by atoms with Crippen LogP contribution in [-0.4, -0.2) is 51.6 Å². The van der Waals surface area contributed by atoms with E-state index in [1.807, 2.05) is 11.8 Å². The average molecular weight is 316 g/mol. The zero-order valence-corrected chi connectivity index (χ0v) is 13.4. The van der Waals surface area contributed by atoms with Crippen LogP contribution >= 0.6 is 0 Å². The fraction of sp³-hybridized carbons (Fsp3) is 0.500. The molecule has 0 aliphatic carbocycles. The molecule has 2 aromatic heterocycles. The van der Waals surface area contributed by atoms with Crippen LogP contribution < -0.4 is 0 Å². The highest BCUT2D eigenvalue weighted by molar-refractivity contribution is 5.92. The Balaban J connectivity index is 1.69. The van der Waals surface area contributed by atoms with E-state index in [2.05, 4.69) is 15.0 Å². The van der Waals surface area contributed by atoms with Gasteiger partial charge in [-0.1, -0.05) is 0 Å². The number of hydrogen-bond acceptors (Lipinski definition) is 6. The summed E-state index contributed by atoms with van der Waals surface area (Å²) < 4.78 is 10.7. The van der Waals surface area contributed by atoms with Gasteiger partial charge in [0.25, 0.3) is 5.91 Å². The topological polar surface area (TPSA) is 81.4 Å². The highest BCUT2D eigenvalue weighted by Gasteiger charge is 2.29. The highest BCUT2D eigenvalue weighted by atomic mass is 16.5. The number of rotatable bonds is 4. The molecular weight excluding hydrogens is 296 g/mol. The third-order valence-corrected chi connectivity index (χ3v) is 4.02. The lowest BCUT2D eigenvalue weighted by molar-refractivity contribution is -0.00445. The monoisotopic (exact) mass is 316 g/mol. The second-order valence-corrected chi connectivity index (χ2v) is 5.61. The van der Waals surface area contributed by atoms with Gasteiger partial charge in [0, 0.05) is 25.9 Å². The molecule has 23 heavy (non-hydrogen) atoms. The Morgan fingerprint density at radius 2 is 2.17 bits per heavy atom. The molecule has 0 N–H and O–H groups in total. The van der Waals surface area contributed by atoms with E-state index in [4.69, 9.17) is 9.15 Å². The van der Waals surface area contributed by atoms with E-state index in [0.29, 0.717) is 31.3 Å². The van der Waals surface area contributed by atoms with Crippen LogP contribution in [0.5, 0.6) is 0 Å². The molecule has 0 unspecified atom stereocenters. The molecule has 0 aromatic carbocycles. The summed E-state index contributed by atoms with van der Waals surface area (Å²) in [7, 11) is 0. The molecule has 0 radical (unpaired) electrons. The van der Waals surface area contributed by atoms with Crippen molar-refractivity contribution in [2.24, 2.45) is 0 Å². The summed E-state index contributed by atoms with van der Waals surface area (Å²) in [5.74, 6) is 0.388. The summed E-state index contributed by atoms with van der Waals surface area (Å²) in [6, 6.07) is 0.00895. The standard InChI is InChI=1S/C16H20N4O3/c1-11-14(18-6-5-17-11)4-3-13-9-22-8-7-20(13)16(21)15-10-23-12(2)19-15/h5-6,10,13H,3-4,7-9H2,1-2H3/t13-/m1/s1. The van der Waals surface area contributed by atoms with Crippen molar-refractivity contribution in [3.63, 3.8) is 0 Å². The van der Waals surface area contributed by atoms with E-state index in [1.165, 1.54) is 6.26 Å². The second kappa shape index (κ2) is 6.87. The van der Waals surface area contributed by atoms with Crippen LogP contribution in [0.15, 0.2) is 23.1 Å². The third kappa shape index (κ3) is 3.56. The number of oxazole rings is 1. The lowest BCUT2D eigenvalue weighted by atomic mass is 10.1. The number of aryl methyl sites for hydroxylation is 3. The number of carbonyl (C=O) groups excluding carboxylic acids is 1. The lowest BCUT2D eigenvalue weighted by Crippen LogP contribution is -2.49. The fourth-order valence-electron chi connectivity index (χ4n) is 2.76. The number of hydrogen-bond donors (Lipinski definition) is 0. The number of carbonyl (C=O) groups is 1. The van der Waals surface area contributed by atoms with Crippen molar-refractivity contribution in [1.29, 1.82) is 0 Å². The van der Waals surface area contributed by atoms with E-state index in [0.717, 1.165) is 24.2 Å². The normalized spacial score (nSPS) is 18.2. The van der Waals surface area contributed by atoms with Gasteiger partial charge in [-0.25, -0.2) is 4.98 Å². The van der Waals surface area contributed by atoms with Crippen molar-refractivity contribution >= 4 is 5.91 Å². The number of nitrogens with zero attached hydrogens (tertiary/aromatic N) is 4. The minimum absolute atomic E-state index is 0.00895. The van der Waals surface area contributed by atoms with Crippen LogP contribution in [0.3, 0.4) is 0 Å². The summed E-state index contributed by atoms with van der Waals surface area (Å²) in [6.07, 6.45) is 6.33. The van der Waals surface area contributed by atoms with Gasteiger partial charge in [-0.15, -0.1) is 0 Å². The maximum atomic E-state index is 12.6. The zero-order valence-electron chi connectivity index (χ0n) is 13.4. The largest absolute Gasteiger partial charge is 0.448 e. The van der Waals surface area contributed by atoms with E-state index in [-0.39, 0.29) is 11.9 Å². The Morgan fingerprint density at radius 3 is 2.91 bits per heavy atom. The third-order valence-electron chi connectivity index (χ3n) is 4.02. The Labute approximate surface area is 134 Å². The molecule has 7 heteroatoms. The van der Waals surface area contributed by atoms with Gasteiger partial charge in [0.05, 0.1) is 30.6 Å². The van der Waals surface area contributed by atoms with Gasteiger partial charge in [-0.2, -0.15) is 0 Å². The SMILES string of the molecule is Cc1nc(C(=O)N2CCOC[C@H]2CCc2nccnc2C)co1. The first-order chi connectivity index (χ1) is 11.1. The quantitative estimate of drug-likeness (QED) is 0.851. The molecular formula is C16H20N4O3. The highest BCUT2D eigenvalue weighted by Crippen LogP contribution is 2.17. The second-order valence-electron chi connectivity index (χ2n) is 5.61. The van der Waals surface area contributed by atoms with Crippen molar-refractivity contribution in [1.82, 2.24) is 19.9 Å². The Kier molecular flexibility index (Phi) is 4.66. The molecule has 1 aliphatic rings. The fourth-order valence-corrected chi connectivity index (χ4v) is 2.76. The summed E-state index contributed by atoms with van der Waals surface area (Å²) in [4.78, 5) is 27.2. The summed E-state index contributed by atoms with van der Waals surface area (Å²) in [6.45, 7) is 5.31. The first-order valence-corrected chi connectivity index (χ1v) is 7.72. The van der Waals surface area contributed by atoms with Crippen LogP contribution in [-0.2, 0) is 11.2 Å².